The lowest BCUT2D eigenvalue weighted by Gasteiger charge is -2.59. The normalized spacial score (nSPS) is 32.4. The summed E-state index contributed by atoms with van der Waals surface area (Å²) in [4.78, 5) is 54.8. The maximum absolute atomic E-state index is 12.9. The largest absolute Gasteiger partial charge is 0.462 e. The molecule has 1 aromatic heterocycles. The van der Waals surface area contributed by atoms with Crippen molar-refractivity contribution in [1.29, 1.82) is 0 Å². The van der Waals surface area contributed by atoms with Gasteiger partial charge in [0.15, 0.2) is 24.3 Å². The lowest BCUT2D eigenvalue weighted by atomic mass is 9.44. The number of carbonyl (C=O) groups excluding carboxylic acids is 3. The minimum absolute atomic E-state index is 0.0125. The van der Waals surface area contributed by atoms with Gasteiger partial charge in [-0.1, -0.05) is 12.1 Å². The van der Waals surface area contributed by atoms with Gasteiger partial charge in [0, 0.05) is 6.20 Å². The van der Waals surface area contributed by atoms with Crippen molar-refractivity contribution in [2.75, 3.05) is 12.1 Å². The second kappa shape index (κ2) is 7.89. The van der Waals surface area contributed by atoms with Crippen LogP contribution in [0.4, 0.5) is 5.82 Å². The van der Waals surface area contributed by atoms with Crippen molar-refractivity contribution in [3.63, 3.8) is 0 Å². The van der Waals surface area contributed by atoms with Crippen LogP contribution >= 0.6 is 0 Å². The van der Waals surface area contributed by atoms with Gasteiger partial charge >= 0.3 is 23.6 Å². The number of nitrogens with zero attached hydrogens (tertiary/aromatic N) is 2. The number of ether oxygens (including phenoxy) is 4. The minimum atomic E-state index is -1.23. The molecule has 0 amide bonds. The highest BCUT2D eigenvalue weighted by molar-refractivity contribution is 6.03. The number of nitrogens with one attached hydrogen (secondary N) is 1. The average molecular weight is 483 g/mol. The van der Waals surface area contributed by atoms with Crippen LogP contribution in [0.1, 0.15) is 46.2 Å². The number of aromatic nitrogens is 2. The van der Waals surface area contributed by atoms with Crippen LogP contribution in [0.2, 0.25) is 0 Å². The van der Waals surface area contributed by atoms with Crippen LogP contribution in [-0.2, 0) is 23.7 Å². The minimum Gasteiger partial charge on any atom is -0.462 e. The van der Waals surface area contributed by atoms with Crippen molar-refractivity contribution >= 4 is 23.7 Å². The molecule has 1 unspecified atom stereocenters. The fourth-order valence-electron chi connectivity index (χ4n) is 5.26. The van der Waals surface area contributed by atoms with Crippen molar-refractivity contribution in [3.05, 3.63) is 58.1 Å². The van der Waals surface area contributed by atoms with Crippen LogP contribution in [0.25, 0.3) is 0 Å². The lowest BCUT2D eigenvalue weighted by molar-refractivity contribution is -0.195. The predicted octanol–water partition coefficient (Wildman–Crippen LogP) is 1.05. The fourth-order valence-corrected chi connectivity index (χ4v) is 5.26. The summed E-state index contributed by atoms with van der Waals surface area (Å²) in [5.41, 5.74) is 0.571. The van der Waals surface area contributed by atoms with Gasteiger partial charge in [0.1, 0.15) is 12.7 Å². The van der Waals surface area contributed by atoms with Gasteiger partial charge in [0.2, 0.25) is 0 Å². The third-order valence-corrected chi connectivity index (χ3v) is 7.21. The molecule has 12 nitrogen and oxygen atoms in total. The van der Waals surface area contributed by atoms with E-state index in [0.29, 0.717) is 5.92 Å². The number of rotatable bonds is 5. The van der Waals surface area contributed by atoms with Crippen molar-refractivity contribution in [1.82, 2.24) is 9.55 Å². The summed E-state index contributed by atoms with van der Waals surface area (Å²) in [6.07, 6.45) is -0.919. The molecule has 3 heterocycles. The van der Waals surface area contributed by atoms with E-state index in [2.05, 4.69) is 4.98 Å². The highest BCUT2D eigenvalue weighted by atomic mass is 16.7. The first kappa shape index (κ1) is 21.7. The Morgan fingerprint density at radius 3 is 2.31 bits per heavy atom. The summed E-state index contributed by atoms with van der Waals surface area (Å²) >= 11 is 0. The quantitative estimate of drug-likeness (QED) is 0.356. The molecular weight excluding hydrogens is 462 g/mol. The Hall–Kier alpha value is -3.77. The zero-order valence-electron chi connectivity index (χ0n) is 18.3. The molecule has 35 heavy (non-hydrogen) atoms. The number of anilines is 1. The van der Waals surface area contributed by atoms with Gasteiger partial charge in [0.05, 0.1) is 16.5 Å². The molecule has 5 aliphatic rings. The summed E-state index contributed by atoms with van der Waals surface area (Å²) in [6.45, 7) is -0.256. The highest BCUT2D eigenvalue weighted by Crippen LogP contribution is 2.64. The molecule has 12 heteroatoms. The van der Waals surface area contributed by atoms with Gasteiger partial charge in [-0.05, 0) is 43.4 Å². The van der Waals surface area contributed by atoms with Gasteiger partial charge in [-0.25, -0.2) is 14.4 Å². The first-order valence-electron chi connectivity index (χ1n) is 11.2. The standard InChI is InChI=1S/C23H21N3O9/c27-19-12-3-1-2-4-13(12)20(28)35-17-16(34-19)14(10-32-21(29)23-7-11(8-23)9-23)33-18(17)26-6-5-15(25-31)24-22(26)30/h1-6,11,14,16-18,31H,7-10H2,(H,24,25,30)/t11?,14?,16-,17-,18-,23?/m1/s1. The molecule has 3 saturated carbocycles. The van der Waals surface area contributed by atoms with Crippen molar-refractivity contribution in [2.45, 2.75) is 43.8 Å². The summed E-state index contributed by atoms with van der Waals surface area (Å²) < 4.78 is 23.9. The Morgan fingerprint density at radius 1 is 1.09 bits per heavy atom. The topological polar surface area (TPSA) is 155 Å². The average Bonchev–Trinajstić information content (AvgIpc) is 3.10. The fraction of sp³-hybridized carbons (Fsp3) is 0.435. The number of esters is 3. The van der Waals surface area contributed by atoms with E-state index in [1.807, 2.05) is 0 Å². The van der Waals surface area contributed by atoms with E-state index in [-0.39, 0.29) is 29.5 Å². The molecule has 1 aromatic carbocycles. The molecular formula is C23H21N3O9. The van der Waals surface area contributed by atoms with E-state index in [0.717, 1.165) is 23.8 Å². The van der Waals surface area contributed by atoms with Gasteiger partial charge in [-0.15, -0.1) is 0 Å². The van der Waals surface area contributed by atoms with E-state index < -0.39 is 47.6 Å². The van der Waals surface area contributed by atoms with E-state index in [1.54, 1.807) is 17.6 Å². The first-order chi connectivity index (χ1) is 16.9. The van der Waals surface area contributed by atoms with Crippen LogP contribution in [0, 0.1) is 11.3 Å². The summed E-state index contributed by atoms with van der Waals surface area (Å²) in [5, 5.41) is 9.02. The Kier molecular flexibility index (Phi) is 4.90. The molecule has 2 aromatic rings. The van der Waals surface area contributed by atoms with Crippen LogP contribution in [-0.4, -0.2) is 57.6 Å². The molecule has 2 N–H and O–H groups in total. The number of carbonyl (C=O) groups is 3. The summed E-state index contributed by atoms with van der Waals surface area (Å²) in [5.74, 6) is -1.40. The zero-order chi connectivity index (χ0) is 24.3. The Morgan fingerprint density at radius 2 is 1.74 bits per heavy atom. The molecule has 0 radical (unpaired) electrons. The van der Waals surface area contributed by atoms with Crippen molar-refractivity contribution in [2.24, 2.45) is 11.3 Å². The highest BCUT2D eigenvalue weighted by Gasteiger charge is 2.63. The number of fused-ring (bicyclic) bond motifs is 2. The molecule has 4 atom stereocenters. The summed E-state index contributed by atoms with van der Waals surface area (Å²) in [6, 6.07) is 7.35. The third-order valence-electron chi connectivity index (χ3n) is 7.21. The van der Waals surface area contributed by atoms with Crippen molar-refractivity contribution in [3.8, 4) is 0 Å². The molecule has 3 aliphatic carbocycles. The molecule has 4 fully saturated rings. The van der Waals surface area contributed by atoms with Gasteiger partial charge in [-0.2, -0.15) is 4.98 Å². The predicted molar refractivity (Wildman–Crippen MR) is 113 cm³/mol. The molecule has 182 valence electrons. The molecule has 1 saturated heterocycles. The zero-order valence-corrected chi connectivity index (χ0v) is 18.3. The molecule has 7 rings (SSSR count). The van der Waals surface area contributed by atoms with E-state index in [1.165, 1.54) is 24.4 Å². The SMILES string of the molecule is O=C1O[C@@H]2[C@H](OC(=O)c3ccccc31)C(COC(=O)C13CC(C1)C3)O[C@H]2n1ccc(NO)nc1=O. The maximum atomic E-state index is 12.9. The second-order valence-corrected chi connectivity index (χ2v) is 9.32. The molecule has 0 spiro atoms. The molecule has 2 bridgehead atoms. The Labute approximate surface area is 197 Å². The van der Waals surface area contributed by atoms with Crippen molar-refractivity contribution < 1.29 is 38.5 Å². The van der Waals surface area contributed by atoms with Gasteiger partial charge in [-0.3, -0.25) is 20.0 Å². The van der Waals surface area contributed by atoms with Crippen LogP contribution in [0.5, 0.6) is 0 Å². The van der Waals surface area contributed by atoms with Crippen LogP contribution < -0.4 is 11.2 Å². The van der Waals surface area contributed by atoms with Gasteiger partial charge in [0.25, 0.3) is 0 Å². The monoisotopic (exact) mass is 483 g/mol. The number of hydrogen-bond acceptors (Lipinski definition) is 11. The van der Waals surface area contributed by atoms with E-state index in [9.17, 15) is 19.2 Å². The van der Waals surface area contributed by atoms with Gasteiger partial charge < -0.3 is 18.9 Å². The van der Waals surface area contributed by atoms with E-state index >= 15 is 0 Å². The van der Waals surface area contributed by atoms with Crippen LogP contribution in [0.15, 0.2) is 41.3 Å². The maximum Gasteiger partial charge on any atom is 0.351 e. The third kappa shape index (κ3) is 3.40. The Balaban J connectivity index is 1.32. The smallest absolute Gasteiger partial charge is 0.351 e. The lowest BCUT2D eigenvalue weighted by Crippen LogP contribution is -2.57. The Bertz CT molecular complexity index is 1270. The first-order valence-corrected chi connectivity index (χ1v) is 11.2. The molecule has 2 aliphatic heterocycles. The summed E-state index contributed by atoms with van der Waals surface area (Å²) in [7, 11) is 0. The second-order valence-electron chi connectivity index (χ2n) is 9.32. The number of hydrogen-bond donors (Lipinski definition) is 2. The van der Waals surface area contributed by atoms with E-state index in [4.69, 9.17) is 24.2 Å². The van der Waals surface area contributed by atoms with Crippen LogP contribution in [0.3, 0.4) is 0 Å². The number of benzene rings is 1.